The Hall–Kier alpha value is -0.610. The van der Waals surface area contributed by atoms with Crippen LogP contribution in [0, 0.1) is 0 Å². The summed E-state index contributed by atoms with van der Waals surface area (Å²) in [5, 5.41) is 3.45. The fourth-order valence-electron chi connectivity index (χ4n) is 2.28. The van der Waals surface area contributed by atoms with Crippen molar-refractivity contribution in [1.82, 2.24) is 10.2 Å². The van der Waals surface area contributed by atoms with E-state index in [-0.39, 0.29) is 5.97 Å². The van der Waals surface area contributed by atoms with Crippen molar-refractivity contribution in [3.8, 4) is 0 Å². The van der Waals surface area contributed by atoms with Crippen LogP contribution >= 0.6 is 0 Å². The summed E-state index contributed by atoms with van der Waals surface area (Å²) in [6.45, 7) is 9.98. The third-order valence-electron chi connectivity index (χ3n) is 3.52. The molecule has 1 aliphatic rings. The first kappa shape index (κ1) is 15.4. The first-order valence-electron chi connectivity index (χ1n) is 7.26. The van der Waals surface area contributed by atoms with Gasteiger partial charge in [0.05, 0.1) is 0 Å². The Kier molecular flexibility index (Phi) is 7.28. The highest BCUT2D eigenvalue weighted by molar-refractivity contribution is 5.69. The van der Waals surface area contributed by atoms with Gasteiger partial charge in [-0.15, -0.1) is 0 Å². The molecule has 0 radical (unpaired) electrons. The summed E-state index contributed by atoms with van der Waals surface area (Å²) in [4.78, 5) is 13.8. The lowest BCUT2D eigenvalue weighted by molar-refractivity contribution is -0.144. The van der Waals surface area contributed by atoms with E-state index in [1.165, 1.54) is 0 Å². The number of carbonyl (C=O) groups excluding carboxylic acids is 1. The summed E-state index contributed by atoms with van der Waals surface area (Å²) in [5.74, 6) is -0.0423. The molecule has 18 heavy (non-hydrogen) atoms. The summed E-state index contributed by atoms with van der Waals surface area (Å²) < 4.78 is 5.27. The summed E-state index contributed by atoms with van der Waals surface area (Å²) in [6, 6.07) is 1.06. The van der Waals surface area contributed by atoms with E-state index in [0.29, 0.717) is 25.1 Å². The Labute approximate surface area is 111 Å². The van der Waals surface area contributed by atoms with E-state index < -0.39 is 0 Å². The van der Waals surface area contributed by atoms with Crippen LogP contribution in [0.25, 0.3) is 0 Å². The van der Waals surface area contributed by atoms with Gasteiger partial charge in [-0.25, -0.2) is 0 Å². The van der Waals surface area contributed by atoms with Crippen LogP contribution in [0.15, 0.2) is 0 Å². The maximum Gasteiger partial charge on any atom is 0.305 e. The van der Waals surface area contributed by atoms with Crippen LogP contribution in [0.2, 0.25) is 0 Å². The summed E-state index contributed by atoms with van der Waals surface area (Å²) in [7, 11) is 0. The topological polar surface area (TPSA) is 41.6 Å². The summed E-state index contributed by atoms with van der Waals surface area (Å²) in [5.41, 5.74) is 0. The highest BCUT2D eigenvalue weighted by Crippen LogP contribution is 2.06. The summed E-state index contributed by atoms with van der Waals surface area (Å²) in [6.07, 6.45) is 3.78. The molecule has 106 valence electrons. The van der Waals surface area contributed by atoms with E-state index in [2.05, 4.69) is 31.0 Å². The molecule has 1 rings (SSSR count). The standard InChI is InChI=1S/C14H28N2O2/c1-4-5-6-7-14(17)18-9-8-16-11-12(2)15-10-13(16)3/h12-13,15H,4-11H2,1-3H3. The Morgan fingerprint density at radius 3 is 2.89 bits per heavy atom. The van der Waals surface area contributed by atoms with Crippen molar-refractivity contribution in [3.63, 3.8) is 0 Å². The van der Waals surface area contributed by atoms with Crippen molar-refractivity contribution in [2.24, 2.45) is 0 Å². The van der Waals surface area contributed by atoms with Crippen LogP contribution in [-0.2, 0) is 9.53 Å². The molecular weight excluding hydrogens is 228 g/mol. The lowest BCUT2D eigenvalue weighted by atomic mass is 10.1. The molecule has 0 aromatic carbocycles. The molecule has 0 saturated carbocycles. The maximum atomic E-state index is 11.5. The number of rotatable bonds is 7. The van der Waals surface area contributed by atoms with Gasteiger partial charge in [0.1, 0.15) is 6.61 Å². The number of nitrogens with one attached hydrogen (secondary N) is 1. The van der Waals surface area contributed by atoms with Gasteiger partial charge in [-0.1, -0.05) is 19.8 Å². The second-order valence-corrected chi connectivity index (χ2v) is 5.33. The van der Waals surface area contributed by atoms with Gasteiger partial charge in [0.15, 0.2) is 0 Å². The van der Waals surface area contributed by atoms with Crippen LogP contribution in [0.1, 0.15) is 46.5 Å². The van der Waals surface area contributed by atoms with E-state index >= 15 is 0 Å². The molecular formula is C14H28N2O2. The Balaban J connectivity index is 2.10. The molecule has 0 amide bonds. The van der Waals surface area contributed by atoms with Crippen LogP contribution in [0.5, 0.6) is 0 Å². The van der Waals surface area contributed by atoms with Crippen molar-refractivity contribution in [2.75, 3.05) is 26.2 Å². The predicted octanol–water partition coefficient (Wildman–Crippen LogP) is 1.79. The van der Waals surface area contributed by atoms with Gasteiger partial charge in [-0.3, -0.25) is 9.69 Å². The molecule has 0 bridgehead atoms. The van der Waals surface area contributed by atoms with Gasteiger partial charge in [0.25, 0.3) is 0 Å². The molecule has 0 aliphatic carbocycles. The molecule has 4 nitrogen and oxygen atoms in total. The fraction of sp³-hybridized carbons (Fsp3) is 0.929. The number of ether oxygens (including phenoxy) is 1. The lowest BCUT2D eigenvalue weighted by Gasteiger charge is -2.37. The Morgan fingerprint density at radius 1 is 1.39 bits per heavy atom. The van der Waals surface area contributed by atoms with Crippen molar-refractivity contribution in [1.29, 1.82) is 0 Å². The molecule has 2 atom stereocenters. The second-order valence-electron chi connectivity index (χ2n) is 5.33. The minimum atomic E-state index is -0.0423. The number of hydrogen-bond donors (Lipinski definition) is 1. The molecule has 2 unspecified atom stereocenters. The molecule has 1 aliphatic heterocycles. The lowest BCUT2D eigenvalue weighted by Crippen LogP contribution is -2.55. The molecule has 0 spiro atoms. The number of esters is 1. The smallest absolute Gasteiger partial charge is 0.305 e. The zero-order valence-corrected chi connectivity index (χ0v) is 12.1. The van der Waals surface area contributed by atoms with Crippen LogP contribution in [-0.4, -0.2) is 49.2 Å². The van der Waals surface area contributed by atoms with Crippen molar-refractivity contribution in [2.45, 2.75) is 58.5 Å². The third kappa shape index (κ3) is 5.83. The van der Waals surface area contributed by atoms with Gasteiger partial charge in [0, 0.05) is 38.1 Å². The number of piperazine rings is 1. The monoisotopic (exact) mass is 256 g/mol. The highest BCUT2D eigenvalue weighted by atomic mass is 16.5. The molecule has 4 heteroatoms. The van der Waals surface area contributed by atoms with Crippen LogP contribution in [0.3, 0.4) is 0 Å². The fourth-order valence-corrected chi connectivity index (χ4v) is 2.28. The Morgan fingerprint density at radius 2 is 2.17 bits per heavy atom. The van der Waals surface area contributed by atoms with Gasteiger partial charge < -0.3 is 10.1 Å². The molecule has 0 aromatic rings. The van der Waals surface area contributed by atoms with E-state index in [1.807, 2.05) is 0 Å². The van der Waals surface area contributed by atoms with E-state index in [4.69, 9.17) is 4.74 Å². The highest BCUT2D eigenvalue weighted by Gasteiger charge is 2.21. The molecule has 1 N–H and O–H groups in total. The van der Waals surface area contributed by atoms with E-state index in [1.54, 1.807) is 0 Å². The zero-order chi connectivity index (χ0) is 13.4. The Bertz CT molecular complexity index is 246. The average molecular weight is 256 g/mol. The van der Waals surface area contributed by atoms with Crippen molar-refractivity contribution < 1.29 is 9.53 Å². The normalized spacial score (nSPS) is 25.1. The molecule has 1 saturated heterocycles. The third-order valence-corrected chi connectivity index (χ3v) is 3.52. The minimum absolute atomic E-state index is 0.0423. The van der Waals surface area contributed by atoms with Crippen LogP contribution in [0.4, 0.5) is 0 Å². The number of unbranched alkanes of at least 4 members (excludes halogenated alkanes) is 2. The molecule has 1 fully saturated rings. The first-order chi connectivity index (χ1) is 8.63. The molecule has 0 aromatic heterocycles. The van der Waals surface area contributed by atoms with E-state index in [9.17, 15) is 4.79 Å². The van der Waals surface area contributed by atoms with Gasteiger partial charge >= 0.3 is 5.97 Å². The quantitative estimate of drug-likeness (QED) is 0.557. The zero-order valence-electron chi connectivity index (χ0n) is 12.1. The SMILES string of the molecule is CCCCCC(=O)OCCN1CC(C)NCC1C. The minimum Gasteiger partial charge on any atom is -0.464 e. The van der Waals surface area contributed by atoms with Crippen molar-refractivity contribution >= 4 is 5.97 Å². The number of carbonyl (C=O) groups is 1. The summed E-state index contributed by atoms with van der Waals surface area (Å²) >= 11 is 0. The number of nitrogens with zero attached hydrogens (tertiary/aromatic N) is 1. The van der Waals surface area contributed by atoms with Gasteiger partial charge in [0.2, 0.25) is 0 Å². The van der Waals surface area contributed by atoms with Gasteiger partial charge in [-0.05, 0) is 20.3 Å². The first-order valence-corrected chi connectivity index (χ1v) is 7.26. The largest absolute Gasteiger partial charge is 0.464 e. The van der Waals surface area contributed by atoms with Crippen LogP contribution < -0.4 is 5.32 Å². The maximum absolute atomic E-state index is 11.5. The van der Waals surface area contributed by atoms with Gasteiger partial charge in [-0.2, -0.15) is 0 Å². The average Bonchev–Trinajstić information content (AvgIpc) is 2.34. The second kappa shape index (κ2) is 8.48. The predicted molar refractivity (Wildman–Crippen MR) is 73.6 cm³/mol. The molecule has 1 heterocycles. The van der Waals surface area contributed by atoms with Crippen molar-refractivity contribution in [3.05, 3.63) is 0 Å². The number of hydrogen-bond acceptors (Lipinski definition) is 4. The van der Waals surface area contributed by atoms with E-state index in [0.717, 1.165) is 38.9 Å².